The molecule has 0 aliphatic carbocycles. The Kier molecular flexibility index (Phi) is 1.74. The molecule has 0 fully saturated rings. The fourth-order valence-electron chi connectivity index (χ4n) is 0.731. The van der Waals surface area contributed by atoms with Crippen LogP contribution in [0.25, 0.3) is 0 Å². The Morgan fingerprint density at radius 1 is 1.70 bits per heavy atom. The van der Waals surface area contributed by atoms with Gasteiger partial charge in [0.25, 0.3) is 6.43 Å². The summed E-state index contributed by atoms with van der Waals surface area (Å²) < 4.78 is 25.0. The van der Waals surface area contributed by atoms with Gasteiger partial charge in [0.1, 0.15) is 7.85 Å². The topological polar surface area (TPSA) is 17.8 Å². The number of aromatic nitrogens is 2. The summed E-state index contributed by atoms with van der Waals surface area (Å²) in [6.07, 6.45) is -1.34. The monoisotopic (exact) mass is 142 g/mol. The molecule has 0 N–H and O–H groups in total. The first-order chi connectivity index (χ1) is 4.63. The van der Waals surface area contributed by atoms with Gasteiger partial charge in [0.15, 0.2) is 0 Å². The highest BCUT2D eigenvalue weighted by Gasteiger charge is 2.13. The van der Waals surface area contributed by atoms with Crippen molar-refractivity contribution in [3.8, 4) is 0 Å². The first-order valence-electron chi connectivity index (χ1n) is 2.68. The average molecular weight is 142 g/mol. The molecule has 0 bridgehead atoms. The van der Waals surface area contributed by atoms with Gasteiger partial charge in [-0.25, -0.2) is 8.78 Å². The van der Waals surface area contributed by atoms with Gasteiger partial charge in [-0.2, -0.15) is 5.10 Å². The van der Waals surface area contributed by atoms with Crippen LogP contribution in [0.4, 0.5) is 8.78 Å². The lowest BCUT2D eigenvalue weighted by atomic mass is 9.97. The molecule has 0 aliphatic heterocycles. The third kappa shape index (κ3) is 1.03. The minimum absolute atomic E-state index is 0.0394. The van der Waals surface area contributed by atoms with Crippen LogP contribution in [0.5, 0.6) is 0 Å². The van der Waals surface area contributed by atoms with Crippen LogP contribution in [-0.2, 0) is 7.05 Å². The van der Waals surface area contributed by atoms with Crippen molar-refractivity contribution in [2.75, 3.05) is 0 Å². The number of hydrogen-bond donors (Lipinski definition) is 0. The van der Waals surface area contributed by atoms with Crippen molar-refractivity contribution in [3.05, 3.63) is 11.9 Å². The second-order valence-electron chi connectivity index (χ2n) is 1.91. The standard InChI is InChI=1S/C5H5BF2N2/c1-10-4(5(7)8)3(6)2-9-10/h2,5H,1H3. The van der Waals surface area contributed by atoms with E-state index in [9.17, 15) is 8.78 Å². The van der Waals surface area contributed by atoms with Gasteiger partial charge in [-0.1, -0.05) is 5.46 Å². The van der Waals surface area contributed by atoms with E-state index in [-0.39, 0.29) is 11.2 Å². The van der Waals surface area contributed by atoms with Crippen molar-refractivity contribution in [1.82, 2.24) is 9.78 Å². The number of rotatable bonds is 1. The summed E-state index contributed by atoms with van der Waals surface area (Å²) >= 11 is 0. The molecule has 0 saturated carbocycles. The van der Waals surface area contributed by atoms with E-state index in [0.717, 1.165) is 4.68 Å². The quantitative estimate of drug-likeness (QED) is 0.510. The second-order valence-corrected chi connectivity index (χ2v) is 1.91. The van der Waals surface area contributed by atoms with E-state index in [1.54, 1.807) is 0 Å². The first-order valence-corrected chi connectivity index (χ1v) is 2.68. The molecule has 2 radical (unpaired) electrons. The van der Waals surface area contributed by atoms with Gasteiger partial charge < -0.3 is 0 Å². The zero-order valence-electron chi connectivity index (χ0n) is 5.38. The summed E-state index contributed by atoms with van der Waals surface area (Å²) in [5, 5.41) is 3.55. The Balaban J connectivity index is 3.10. The van der Waals surface area contributed by atoms with Crippen LogP contribution in [0.2, 0.25) is 0 Å². The maximum absolute atomic E-state index is 12.0. The normalized spacial score (nSPS) is 10.8. The summed E-state index contributed by atoms with van der Waals surface area (Å²) in [6, 6.07) is 0. The molecule has 0 spiro atoms. The summed E-state index contributed by atoms with van der Waals surface area (Å²) in [6.45, 7) is 0. The van der Waals surface area contributed by atoms with Crippen LogP contribution < -0.4 is 5.46 Å². The van der Waals surface area contributed by atoms with Crippen molar-refractivity contribution in [1.29, 1.82) is 0 Å². The maximum Gasteiger partial charge on any atom is 0.279 e. The predicted molar refractivity (Wildman–Crippen MR) is 33.6 cm³/mol. The van der Waals surface area contributed by atoms with Crippen LogP contribution in [0, 0.1) is 0 Å². The molecule has 0 amide bonds. The van der Waals surface area contributed by atoms with Crippen molar-refractivity contribution in [2.45, 2.75) is 6.43 Å². The second kappa shape index (κ2) is 2.40. The van der Waals surface area contributed by atoms with Gasteiger partial charge in [0.2, 0.25) is 0 Å². The maximum atomic E-state index is 12.0. The smallest absolute Gasteiger partial charge is 0.267 e. The zero-order valence-corrected chi connectivity index (χ0v) is 5.38. The molecule has 10 heavy (non-hydrogen) atoms. The van der Waals surface area contributed by atoms with Crippen molar-refractivity contribution < 1.29 is 8.78 Å². The largest absolute Gasteiger partial charge is 0.279 e. The molecule has 0 saturated heterocycles. The van der Waals surface area contributed by atoms with E-state index in [0.29, 0.717) is 0 Å². The van der Waals surface area contributed by atoms with Crippen LogP contribution >= 0.6 is 0 Å². The summed E-state index contributed by atoms with van der Waals surface area (Å²) in [5.41, 5.74) is -0.183. The third-order valence-corrected chi connectivity index (χ3v) is 1.22. The van der Waals surface area contributed by atoms with Gasteiger partial charge >= 0.3 is 0 Å². The Hall–Kier alpha value is -0.865. The Morgan fingerprint density at radius 3 is 2.50 bits per heavy atom. The van der Waals surface area contributed by atoms with Gasteiger partial charge in [-0.05, 0) is 0 Å². The third-order valence-electron chi connectivity index (χ3n) is 1.22. The first kappa shape index (κ1) is 7.24. The highest BCUT2D eigenvalue weighted by atomic mass is 19.3. The fraction of sp³-hybridized carbons (Fsp3) is 0.400. The van der Waals surface area contributed by atoms with E-state index in [1.807, 2.05) is 0 Å². The lowest BCUT2D eigenvalue weighted by molar-refractivity contribution is 0.142. The SMILES string of the molecule is [B]c1cnn(C)c1C(F)F. The molecular weight excluding hydrogens is 137 g/mol. The number of nitrogens with zero attached hydrogens (tertiary/aromatic N) is 2. The van der Waals surface area contributed by atoms with E-state index in [2.05, 4.69) is 5.10 Å². The molecule has 0 unspecified atom stereocenters. The summed E-state index contributed by atoms with van der Waals surface area (Å²) in [4.78, 5) is 0. The minimum Gasteiger partial charge on any atom is -0.267 e. The molecular formula is C5H5BF2N2. The fourth-order valence-corrected chi connectivity index (χ4v) is 0.731. The summed E-state index contributed by atoms with van der Waals surface area (Å²) in [5.74, 6) is 0. The molecule has 1 aromatic heterocycles. The van der Waals surface area contributed by atoms with E-state index in [1.165, 1.54) is 13.2 Å². The average Bonchev–Trinajstić information content (AvgIpc) is 2.11. The number of hydrogen-bond acceptors (Lipinski definition) is 1. The van der Waals surface area contributed by atoms with Crippen LogP contribution in [-0.4, -0.2) is 17.6 Å². The predicted octanol–water partition coefficient (Wildman–Crippen LogP) is 0.151. The highest BCUT2D eigenvalue weighted by molar-refractivity contribution is 6.33. The lowest BCUT2D eigenvalue weighted by Crippen LogP contribution is -2.10. The van der Waals surface area contributed by atoms with E-state index in [4.69, 9.17) is 7.85 Å². The van der Waals surface area contributed by atoms with Crippen molar-refractivity contribution >= 4 is 13.3 Å². The molecule has 0 aromatic carbocycles. The number of halogens is 2. The van der Waals surface area contributed by atoms with Crippen LogP contribution in [0.3, 0.4) is 0 Å². The van der Waals surface area contributed by atoms with Crippen molar-refractivity contribution in [3.63, 3.8) is 0 Å². The Labute approximate surface area is 58.3 Å². The number of alkyl halides is 2. The Bertz CT molecular complexity index is 214. The van der Waals surface area contributed by atoms with Gasteiger partial charge in [-0.3, -0.25) is 4.68 Å². The Morgan fingerprint density at radius 2 is 2.30 bits per heavy atom. The molecule has 1 heterocycles. The van der Waals surface area contributed by atoms with Crippen LogP contribution in [0.15, 0.2) is 6.20 Å². The lowest BCUT2D eigenvalue weighted by Gasteiger charge is -2.00. The van der Waals surface area contributed by atoms with Gasteiger partial charge in [0.05, 0.1) is 5.69 Å². The summed E-state index contributed by atoms with van der Waals surface area (Å²) in [7, 11) is 6.61. The molecule has 0 atom stereocenters. The molecule has 1 aromatic rings. The van der Waals surface area contributed by atoms with E-state index >= 15 is 0 Å². The minimum atomic E-state index is -2.55. The van der Waals surface area contributed by atoms with E-state index < -0.39 is 6.43 Å². The molecule has 52 valence electrons. The molecule has 2 nitrogen and oxygen atoms in total. The van der Waals surface area contributed by atoms with Crippen molar-refractivity contribution in [2.24, 2.45) is 7.05 Å². The van der Waals surface area contributed by atoms with Gasteiger partial charge in [0, 0.05) is 13.2 Å². The molecule has 1 rings (SSSR count). The molecule has 0 aliphatic rings. The number of aryl methyl sites for hydroxylation is 1. The molecule has 5 heteroatoms. The zero-order chi connectivity index (χ0) is 7.72. The van der Waals surface area contributed by atoms with Crippen LogP contribution in [0.1, 0.15) is 12.1 Å². The highest BCUT2D eigenvalue weighted by Crippen LogP contribution is 2.13. The van der Waals surface area contributed by atoms with Gasteiger partial charge in [-0.15, -0.1) is 0 Å².